The van der Waals surface area contributed by atoms with Crippen LogP contribution in [0, 0.1) is 0 Å². The van der Waals surface area contributed by atoms with E-state index in [-0.39, 0.29) is 5.25 Å². The van der Waals surface area contributed by atoms with Crippen LogP contribution in [0.25, 0.3) is 0 Å². The molecule has 0 aromatic carbocycles. The van der Waals surface area contributed by atoms with Gasteiger partial charge in [0.1, 0.15) is 0 Å². The van der Waals surface area contributed by atoms with E-state index in [2.05, 4.69) is 20.9 Å². The smallest absolute Gasteiger partial charge is 0.151 e. The fourth-order valence-corrected chi connectivity index (χ4v) is 4.60. The summed E-state index contributed by atoms with van der Waals surface area (Å²) in [5.41, 5.74) is 0.996. The average Bonchev–Trinajstić information content (AvgIpc) is 2.30. The van der Waals surface area contributed by atoms with Crippen molar-refractivity contribution < 1.29 is 4.79 Å². The Hall–Kier alpha value is -0.000000000000000111. The van der Waals surface area contributed by atoms with Crippen molar-refractivity contribution in [3.63, 3.8) is 0 Å². The Bertz CT molecular complexity index is 380. The maximum Gasteiger partial charge on any atom is 0.151 e. The molecule has 16 heavy (non-hydrogen) atoms. The summed E-state index contributed by atoms with van der Waals surface area (Å²) < 4.78 is 0.934. The first-order valence-corrected chi connectivity index (χ1v) is 8.07. The third kappa shape index (κ3) is 3.50. The van der Waals surface area contributed by atoms with Gasteiger partial charge in [-0.2, -0.15) is 11.8 Å². The van der Waals surface area contributed by atoms with Gasteiger partial charge in [-0.25, -0.2) is 0 Å². The Morgan fingerprint density at radius 3 is 3.06 bits per heavy atom. The third-order valence-corrected chi connectivity index (χ3v) is 5.55. The predicted molar refractivity (Wildman–Crippen MR) is 74.2 cm³/mol. The SMILES string of the molecule is O=C(Cc1cncc(Br)c1)C1CSCCS1. The van der Waals surface area contributed by atoms with E-state index in [4.69, 9.17) is 0 Å². The molecule has 5 heteroatoms. The lowest BCUT2D eigenvalue weighted by Crippen LogP contribution is -2.25. The molecule has 0 amide bonds. The summed E-state index contributed by atoms with van der Waals surface area (Å²) in [7, 11) is 0. The zero-order valence-electron chi connectivity index (χ0n) is 8.69. The molecule has 86 valence electrons. The second kappa shape index (κ2) is 6.07. The van der Waals surface area contributed by atoms with Crippen LogP contribution in [0.15, 0.2) is 22.9 Å². The van der Waals surface area contributed by atoms with E-state index in [0.29, 0.717) is 12.2 Å². The van der Waals surface area contributed by atoms with Crippen LogP contribution in [-0.2, 0) is 11.2 Å². The van der Waals surface area contributed by atoms with Crippen molar-refractivity contribution in [1.29, 1.82) is 0 Å². The van der Waals surface area contributed by atoms with Crippen molar-refractivity contribution in [3.8, 4) is 0 Å². The minimum absolute atomic E-state index is 0.178. The maximum absolute atomic E-state index is 12.0. The molecule has 1 atom stereocenters. The van der Waals surface area contributed by atoms with E-state index in [1.54, 1.807) is 24.2 Å². The van der Waals surface area contributed by atoms with Gasteiger partial charge in [-0.1, -0.05) is 0 Å². The van der Waals surface area contributed by atoms with Crippen molar-refractivity contribution >= 4 is 45.2 Å². The van der Waals surface area contributed by atoms with Crippen LogP contribution in [0.2, 0.25) is 0 Å². The topological polar surface area (TPSA) is 30.0 Å². The monoisotopic (exact) mass is 317 g/mol. The molecule has 1 saturated heterocycles. The van der Waals surface area contributed by atoms with Gasteiger partial charge in [0.05, 0.1) is 5.25 Å². The highest BCUT2D eigenvalue weighted by molar-refractivity contribution is 9.10. The molecule has 1 aliphatic rings. The molecule has 2 rings (SSSR count). The van der Waals surface area contributed by atoms with Crippen LogP contribution in [0.3, 0.4) is 0 Å². The van der Waals surface area contributed by atoms with Crippen molar-refractivity contribution in [2.24, 2.45) is 0 Å². The Labute approximate surface area is 112 Å². The molecule has 0 spiro atoms. The number of rotatable bonds is 3. The number of pyridine rings is 1. The van der Waals surface area contributed by atoms with Crippen LogP contribution >= 0.6 is 39.5 Å². The zero-order chi connectivity index (χ0) is 11.4. The molecule has 1 unspecified atom stereocenters. The van der Waals surface area contributed by atoms with Gasteiger partial charge in [0.15, 0.2) is 5.78 Å². The van der Waals surface area contributed by atoms with E-state index in [1.165, 1.54) is 5.75 Å². The fourth-order valence-electron chi connectivity index (χ4n) is 1.54. The molecular weight excluding hydrogens is 306 g/mol. The minimum atomic E-state index is 0.178. The number of halogens is 1. The quantitative estimate of drug-likeness (QED) is 0.857. The highest BCUT2D eigenvalue weighted by Gasteiger charge is 2.22. The Kier molecular flexibility index (Phi) is 4.73. The molecule has 2 nitrogen and oxygen atoms in total. The van der Waals surface area contributed by atoms with Crippen molar-refractivity contribution in [2.75, 3.05) is 17.3 Å². The highest BCUT2D eigenvalue weighted by Crippen LogP contribution is 2.25. The van der Waals surface area contributed by atoms with Crippen LogP contribution in [0.5, 0.6) is 0 Å². The second-order valence-electron chi connectivity index (χ2n) is 3.59. The second-order valence-corrected chi connectivity index (χ2v) is 6.96. The molecule has 0 N–H and O–H groups in total. The van der Waals surface area contributed by atoms with Crippen molar-refractivity contribution in [3.05, 3.63) is 28.5 Å². The molecule has 1 fully saturated rings. The highest BCUT2D eigenvalue weighted by atomic mass is 79.9. The number of carbonyl (C=O) groups excluding carboxylic acids is 1. The summed E-state index contributed by atoms with van der Waals surface area (Å²) in [5, 5.41) is 0.178. The molecule has 2 heterocycles. The number of Topliss-reactive ketones (excluding diaryl/α,β-unsaturated/α-hetero) is 1. The molecule has 0 aliphatic carbocycles. The van der Waals surface area contributed by atoms with Crippen molar-refractivity contribution in [2.45, 2.75) is 11.7 Å². The largest absolute Gasteiger partial charge is 0.298 e. The lowest BCUT2D eigenvalue weighted by molar-refractivity contribution is -0.117. The molecule has 1 aromatic heterocycles. The maximum atomic E-state index is 12.0. The van der Waals surface area contributed by atoms with Crippen LogP contribution in [-0.4, -0.2) is 33.3 Å². The van der Waals surface area contributed by atoms with E-state index < -0.39 is 0 Å². The lowest BCUT2D eigenvalue weighted by atomic mass is 10.1. The Morgan fingerprint density at radius 2 is 2.38 bits per heavy atom. The van der Waals surface area contributed by atoms with E-state index in [1.807, 2.05) is 17.8 Å². The van der Waals surface area contributed by atoms with Gasteiger partial charge in [0, 0.05) is 40.5 Å². The Morgan fingerprint density at radius 1 is 1.50 bits per heavy atom. The Balaban J connectivity index is 1.96. The summed E-state index contributed by atoms with van der Waals surface area (Å²) in [6, 6.07) is 1.96. The average molecular weight is 318 g/mol. The van der Waals surface area contributed by atoms with Gasteiger partial charge in [0.25, 0.3) is 0 Å². The number of thioether (sulfide) groups is 2. The molecular formula is C11H12BrNOS2. The molecule has 1 aromatic rings. The number of hydrogen-bond donors (Lipinski definition) is 0. The minimum Gasteiger partial charge on any atom is -0.298 e. The van der Waals surface area contributed by atoms with Gasteiger partial charge in [-0.3, -0.25) is 9.78 Å². The number of nitrogens with zero attached hydrogens (tertiary/aromatic N) is 1. The molecule has 1 aliphatic heterocycles. The summed E-state index contributed by atoms with van der Waals surface area (Å²) in [6.45, 7) is 0. The first-order chi connectivity index (χ1) is 7.75. The summed E-state index contributed by atoms with van der Waals surface area (Å²) in [4.78, 5) is 16.1. The normalized spacial score (nSPS) is 20.7. The van der Waals surface area contributed by atoms with Crippen LogP contribution in [0.4, 0.5) is 0 Å². The molecule has 0 saturated carbocycles. The fraction of sp³-hybridized carbons (Fsp3) is 0.455. The van der Waals surface area contributed by atoms with Crippen molar-refractivity contribution in [1.82, 2.24) is 4.98 Å². The summed E-state index contributed by atoms with van der Waals surface area (Å²) in [6.07, 6.45) is 4.01. The van der Waals surface area contributed by atoms with E-state index >= 15 is 0 Å². The van der Waals surface area contributed by atoms with E-state index in [9.17, 15) is 4.79 Å². The summed E-state index contributed by atoms with van der Waals surface area (Å²) in [5.74, 6) is 3.56. The molecule has 0 radical (unpaired) electrons. The third-order valence-electron chi connectivity index (χ3n) is 2.31. The van der Waals surface area contributed by atoms with Gasteiger partial charge in [0.2, 0.25) is 0 Å². The van der Waals surface area contributed by atoms with E-state index in [0.717, 1.165) is 21.5 Å². The first kappa shape index (κ1) is 12.5. The van der Waals surface area contributed by atoms with Crippen LogP contribution < -0.4 is 0 Å². The van der Waals surface area contributed by atoms with Gasteiger partial charge >= 0.3 is 0 Å². The lowest BCUT2D eigenvalue weighted by Gasteiger charge is -2.19. The number of aromatic nitrogens is 1. The first-order valence-electron chi connectivity index (χ1n) is 5.07. The number of hydrogen-bond acceptors (Lipinski definition) is 4. The predicted octanol–water partition coefficient (Wildman–Crippen LogP) is 2.80. The number of ketones is 1. The van der Waals surface area contributed by atoms with Gasteiger partial charge < -0.3 is 0 Å². The standard InChI is InChI=1S/C11H12BrNOS2/c12-9-3-8(5-13-6-9)4-10(14)11-7-15-1-2-16-11/h3,5-6,11H,1-2,4,7H2. The zero-order valence-corrected chi connectivity index (χ0v) is 11.9. The van der Waals surface area contributed by atoms with Crippen LogP contribution in [0.1, 0.15) is 5.56 Å². The number of carbonyl (C=O) groups is 1. The summed E-state index contributed by atoms with van der Waals surface area (Å²) >= 11 is 7.04. The molecule has 0 bridgehead atoms. The van der Waals surface area contributed by atoms with Gasteiger partial charge in [-0.05, 0) is 27.6 Å². The van der Waals surface area contributed by atoms with Gasteiger partial charge in [-0.15, -0.1) is 11.8 Å².